The highest BCUT2D eigenvalue weighted by Crippen LogP contribution is 2.28. The monoisotopic (exact) mass is 359 g/mol. The Morgan fingerprint density at radius 1 is 1.32 bits per heavy atom. The third-order valence-electron chi connectivity index (χ3n) is 4.93. The van der Waals surface area contributed by atoms with Crippen LogP contribution in [0.4, 0.5) is 0 Å². The van der Waals surface area contributed by atoms with Crippen LogP contribution in [0, 0.1) is 13.8 Å². The number of aromatic amines is 1. The standard InChI is InChI=1S/C19H25N3O2S/c1-12-17(14(3)23)13(2)21-18(12)19(24)20-11-15(16-7-6-10-25-16)22-8-4-5-9-22/h6-7,10,15,21H,4-5,8-9,11H2,1-3H3,(H,20,24)/t15-/m0/s1. The molecule has 134 valence electrons. The van der Waals surface area contributed by atoms with Crippen molar-refractivity contribution < 1.29 is 9.59 Å². The lowest BCUT2D eigenvalue weighted by Gasteiger charge is -2.26. The van der Waals surface area contributed by atoms with Gasteiger partial charge in [-0.25, -0.2) is 0 Å². The van der Waals surface area contributed by atoms with Gasteiger partial charge in [0.05, 0.1) is 6.04 Å². The molecule has 0 saturated carbocycles. The molecule has 1 aliphatic rings. The number of nitrogens with one attached hydrogen (secondary N) is 2. The molecule has 0 unspecified atom stereocenters. The second-order valence-electron chi connectivity index (χ2n) is 6.67. The van der Waals surface area contributed by atoms with Gasteiger partial charge in [-0.05, 0) is 63.7 Å². The maximum Gasteiger partial charge on any atom is 0.268 e. The highest BCUT2D eigenvalue weighted by molar-refractivity contribution is 7.10. The number of thiophene rings is 1. The number of aryl methyl sites for hydroxylation is 1. The van der Waals surface area contributed by atoms with E-state index < -0.39 is 0 Å². The summed E-state index contributed by atoms with van der Waals surface area (Å²) in [5, 5.41) is 5.15. The molecule has 6 heteroatoms. The van der Waals surface area contributed by atoms with Crippen LogP contribution in [-0.2, 0) is 0 Å². The molecule has 3 rings (SSSR count). The smallest absolute Gasteiger partial charge is 0.268 e. The molecule has 2 aromatic heterocycles. The number of likely N-dealkylation sites (tertiary alicyclic amines) is 1. The number of ketones is 1. The Morgan fingerprint density at radius 3 is 2.60 bits per heavy atom. The van der Waals surface area contributed by atoms with Crippen LogP contribution in [0.25, 0.3) is 0 Å². The lowest BCUT2D eigenvalue weighted by atomic mass is 10.1. The normalized spacial score (nSPS) is 16.1. The molecule has 2 N–H and O–H groups in total. The summed E-state index contributed by atoms with van der Waals surface area (Å²) < 4.78 is 0. The van der Waals surface area contributed by atoms with E-state index in [2.05, 4.69) is 32.7 Å². The average Bonchev–Trinajstić information content (AvgIpc) is 3.29. The molecule has 25 heavy (non-hydrogen) atoms. The zero-order valence-electron chi connectivity index (χ0n) is 15.0. The van der Waals surface area contributed by atoms with Crippen LogP contribution in [0.3, 0.4) is 0 Å². The maximum absolute atomic E-state index is 12.7. The largest absolute Gasteiger partial charge is 0.354 e. The Bertz CT molecular complexity index is 758. The number of carbonyl (C=O) groups is 2. The number of Topliss-reactive ketones (excluding diaryl/α,β-unsaturated/α-hetero) is 1. The van der Waals surface area contributed by atoms with Crippen molar-refractivity contribution >= 4 is 23.0 Å². The van der Waals surface area contributed by atoms with Crippen molar-refractivity contribution in [3.63, 3.8) is 0 Å². The fourth-order valence-electron chi connectivity index (χ4n) is 3.73. The summed E-state index contributed by atoms with van der Waals surface area (Å²) in [6, 6.07) is 4.41. The van der Waals surface area contributed by atoms with E-state index in [-0.39, 0.29) is 17.7 Å². The van der Waals surface area contributed by atoms with Gasteiger partial charge in [-0.3, -0.25) is 14.5 Å². The second-order valence-corrected chi connectivity index (χ2v) is 7.64. The minimum absolute atomic E-state index is 0.0150. The van der Waals surface area contributed by atoms with Crippen LogP contribution in [0.1, 0.15) is 62.8 Å². The quantitative estimate of drug-likeness (QED) is 0.776. The lowest BCUT2D eigenvalue weighted by Crippen LogP contribution is -2.36. The van der Waals surface area contributed by atoms with Crippen molar-refractivity contribution in [3.05, 3.63) is 44.9 Å². The fourth-order valence-corrected chi connectivity index (χ4v) is 4.59. The van der Waals surface area contributed by atoms with Crippen LogP contribution < -0.4 is 5.32 Å². The van der Waals surface area contributed by atoms with Gasteiger partial charge in [0.25, 0.3) is 5.91 Å². The fraction of sp³-hybridized carbons (Fsp3) is 0.474. The first-order valence-corrected chi connectivity index (χ1v) is 9.62. The van der Waals surface area contributed by atoms with Gasteiger partial charge >= 0.3 is 0 Å². The summed E-state index contributed by atoms with van der Waals surface area (Å²) in [5.41, 5.74) is 2.61. The van der Waals surface area contributed by atoms with Crippen LogP contribution in [-0.4, -0.2) is 41.2 Å². The second kappa shape index (κ2) is 7.54. The van der Waals surface area contributed by atoms with E-state index in [9.17, 15) is 9.59 Å². The van der Waals surface area contributed by atoms with Gasteiger partial charge in [-0.2, -0.15) is 0 Å². The number of aromatic nitrogens is 1. The zero-order valence-corrected chi connectivity index (χ0v) is 15.8. The Kier molecular flexibility index (Phi) is 5.39. The van der Waals surface area contributed by atoms with E-state index in [1.54, 1.807) is 11.3 Å². The number of hydrogen-bond acceptors (Lipinski definition) is 4. The Morgan fingerprint density at radius 2 is 2.04 bits per heavy atom. The van der Waals surface area contributed by atoms with Crippen molar-refractivity contribution in [2.75, 3.05) is 19.6 Å². The summed E-state index contributed by atoms with van der Waals surface area (Å²) in [6.45, 7) is 7.92. The van der Waals surface area contributed by atoms with E-state index in [1.165, 1.54) is 24.6 Å². The zero-order chi connectivity index (χ0) is 18.0. The molecule has 0 radical (unpaired) electrons. The van der Waals surface area contributed by atoms with Gasteiger partial charge in [0, 0.05) is 22.7 Å². The molecule has 1 atom stereocenters. The molecule has 0 spiro atoms. The minimum Gasteiger partial charge on any atom is -0.354 e. The number of hydrogen-bond donors (Lipinski definition) is 2. The SMILES string of the molecule is CC(=O)c1c(C)[nH]c(C(=O)NC[C@@H](c2cccs2)N2CCCC2)c1C. The molecule has 2 aromatic rings. The van der Waals surface area contributed by atoms with Crippen LogP contribution >= 0.6 is 11.3 Å². The highest BCUT2D eigenvalue weighted by atomic mass is 32.1. The van der Waals surface area contributed by atoms with Gasteiger partial charge in [0.15, 0.2) is 5.78 Å². The minimum atomic E-state index is -0.145. The van der Waals surface area contributed by atoms with Crippen LogP contribution in [0.15, 0.2) is 17.5 Å². The van der Waals surface area contributed by atoms with Gasteiger partial charge in [-0.15, -0.1) is 11.3 Å². The van der Waals surface area contributed by atoms with Crippen molar-refractivity contribution in [2.45, 2.75) is 39.7 Å². The number of carbonyl (C=O) groups excluding carboxylic acids is 2. The van der Waals surface area contributed by atoms with Crippen LogP contribution in [0.2, 0.25) is 0 Å². The van der Waals surface area contributed by atoms with Gasteiger partial charge in [0.1, 0.15) is 5.69 Å². The Balaban J connectivity index is 1.74. The molecule has 3 heterocycles. The summed E-state index contributed by atoms with van der Waals surface area (Å²) in [5.74, 6) is -0.160. The number of rotatable bonds is 6. The van der Waals surface area contributed by atoms with E-state index in [0.29, 0.717) is 17.8 Å². The third-order valence-corrected chi connectivity index (χ3v) is 5.90. The Labute approximate surface area is 152 Å². The number of nitrogens with zero attached hydrogens (tertiary/aromatic N) is 1. The van der Waals surface area contributed by atoms with Crippen molar-refractivity contribution in [2.24, 2.45) is 0 Å². The van der Waals surface area contributed by atoms with E-state index >= 15 is 0 Å². The number of amides is 1. The predicted molar refractivity (Wildman–Crippen MR) is 100 cm³/mol. The van der Waals surface area contributed by atoms with E-state index in [0.717, 1.165) is 24.3 Å². The molecule has 1 fully saturated rings. The summed E-state index contributed by atoms with van der Waals surface area (Å²) in [4.78, 5) is 31.2. The molecular weight excluding hydrogens is 334 g/mol. The molecule has 0 aliphatic carbocycles. The first kappa shape index (κ1) is 17.9. The topological polar surface area (TPSA) is 65.2 Å². The third kappa shape index (κ3) is 3.70. The predicted octanol–water partition coefficient (Wildman–Crippen LogP) is 3.46. The lowest BCUT2D eigenvalue weighted by molar-refractivity contribution is 0.0933. The van der Waals surface area contributed by atoms with E-state index in [1.807, 2.05) is 13.8 Å². The van der Waals surface area contributed by atoms with Crippen molar-refractivity contribution in [3.8, 4) is 0 Å². The van der Waals surface area contributed by atoms with Crippen LogP contribution in [0.5, 0.6) is 0 Å². The first-order chi connectivity index (χ1) is 12.0. The molecule has 1 amide bonds. The van der Waals surface area contributed by atoms with Gasteiger partial charge in [-0.1, -0.05) is 6.07 Å². The average molecular weight is 359 g/mol. The van der Waals surface area contributed by atoms with Gasteiger partial charge in [0.2, 0.25) is 0 Å². The maximum atomic E-state index is 12.7. The molecule has 0 aromatic carbocycles. The summed E-state index contributed by atoms with van der Waals surface area (Å²) >= 11 is 1.73. The molecule has 1 saturated heterocycles. The first-order valence-electron chi connectivity index (χ1n) is 8.74. The molecule has 1 aliphatic heterocycles. The van der Waals surface area contributed by atoms with Crippen molar-refractivity contribution in [1.82, 2.24) is 15.2 Å². The molecule has 5 nitrogen and oxygen atoms in total. The molecular formula is C19H25N3O2S. The Hall–Kier alpha value is -1.92. The highest BCUT2D eigenvalue weighted by Gasteiger charge is 2.26. The summed E-state index contributed by atoms with van der Waals surface area (Å²) in [7, 11) is 0. The molecule has 0 bridgehead atoms. The van der Waals surface area contributed by atoms with Crippen molar-refractivity contribution in [1.29, 1.82) is 0 Å². The number of H-pyrrole nitrogens is 1. The summed E-state index contributed by atoms with van der Waals surface area (Å²) in [6.07, 6.45) is 2.43. The van der Waals surface area contributed by atoms with E-state index in [4.69, 9.17) is 0 Å². The van der Waals surface area contributed by atoms with Gasteiger partial charge < -0.3 is 10.3 Å².